The highest BCUT2D eigenvalue weighted by Gasteiger charge is 2.12. The number of aromatic amines is 1. The Balaban J connectivity index is 2.05. The predicted octanol–water partition coefficient (Wildman–Crippen LogP) is 3.49. The lowest BCUT2D eigenvalue weighted by Crippen LogP contribution is -2.13. The minimum absolute atomic E-state index is 0.0521. The Bertz CT molecular complexity index is 1010. The number of rotatable bonds is 2. The van der Waals surface area contributed by atoms with Gasteiger partial charge in [0.15, 0.2) is 0 Å². The number of pyridine rings is 1. The predicted molar refractivity (Wildman–Crippen MR) is 86.5 cm³/mol. The third-order valence-electron chi connectivity index (χ3n) is 3.68. The zero-order valence-electron chi connectivity index (χ0n) is 11.5. The second kappa shape index (κ2) is 4.56. The Morgan fingerprint density at radius 1 is 1.29 bits per heavy atom. The molecule has 0 unspecified atom stereocenters. The number of hydrogen-bond donors (Lipinski definition) is 1. The fourth-order valence-corrected chi connectivity index (χ4v) is 3.36. The number of hydrogen-bond acceptors (Lipinski definition) is 3. The van der Waals surface area contributed by atoms with Crippen LogP contribution in [0, 0.1) is 0 Å². The summed E-state index contributed by atoms with van der Waals surface area (Å²) in [5.41, 5.74) is 2.57. The molecule has 0 bridgehead atoms. The van der Waals surface area contributed by atoms with Crippen LogP contribution >= 0.6 is 11.3 Å². The first kappa shape index (κ1) is 12.3. The molecule has 3 aromatic heterocycles. The van der Waals surface area contributed by atoms with Crippen LogP contribution in [-0.2, 0) is 6.42 Å². The smallest absolute Gasteiger partial charge is 0.280 e. The van der Waals surface area contributed by atoms with Gasteiger partial charge >= 0.3 is 0 Å². The summed E-state index contributed by atoms with van der Waals surface area (Å²) in [6.07, 6.45) is 2.63. The molecule has 4 nitrogen and oxygen atoms in total. The van der Waals surface area contributed by atoms with Gasteiger partial charge in [-0.15, -0.1) is 11.3 Å². The summed E-state index contributed by atoms with van der Waals surface area (Å²) in [7, 11) is 0. The fourth-order valence-electron chi connectivity index (χ4n) is 2.56. The summed E-state index contributed by atoms with van der Waals surface area (Å²) in [6.45, 7) is 2.11. The molecule has 21 heavy (non-hydrogen) atoms. The monoisotopic (exact) mass is 295 g/mol. The van der Waals surface area contributed by atoms with E-state index in [2.05, 4.69) is 23.1 Å². The molecule has 0 fully saturated rings. The molecule has 5 heteroatoms. The average Bonchev–Trinajstić information content (AvgIpc) is 3.12. The summed E-state index contributed by atoms with van der Waals surface area (Å²) in [5.74, 6) is 0. The second-order valence-electron chi connectivity index (χ2n) is 4.94. The number of aryl methyl sites for hydroxylation is 1. The Labute approximate surface area is 124 Å². The fraction of sp³-hybridized carbons (Fsp3) is 0.125. The lowest BCUT2D eigenvalue weighted by molar-refractivity contribution is 0.867. The van der Waals surface area contributed by atoms with Crippen LogP contribution in [0.5, 0.6) is 0 Å². The molecule has 4 rings (SSSR count). The molecule has 3 heterocycles. The van der Waals surface area contributed by atoms with Crippen LogP contribution in [0.4, 0.5) is 0 Å². The van der Waals surface area contributed by atoms with Gasteiger partial charge in [0.05, 0.1) is 22.1 Å². The van der Waals surface area contributed by atoms with Gasteiger partial charge < -0.3 is 0 Å². The van der Waals surface area contributed by atoms with Crippen molar-refractivity contribution in [3.63, 3.8) is 0 Å². The summed E-state index contributed by atoms with van der Waals surface area (Å²) in [6, 6.07) is 9.89. The highest BCUT2D eigenvalue weighted by Crippen LogP contribution is 2.22. The molecule has 4 aromatic rings. The highest BCUT2D eigenvalue weighted by molar-refractivity contribution is 7.10. The van der Waals surface area contributed by atoms with E-state index in [1.165, 1.54) is 4.88 Å². The van der Waals surface area contributed by atoms with Gasteiger partial charge in [0, 0.05) is 21.8 Å². The van der Waals surface area contributed by atoms with Gasteiger partial charge in [-0.05, 0) is 18.6 Å². The largest absolute Gasteiger partial charge is 0.290 e. The minimum Gasteiger partial charge on any atom is -0.290 e. The van der Waals surface area contributed by atoms with Crippen LogP contribution in [-0.4, -0.2) is 14.8 Å². The Kier molecular flexibility index (Phi) is 2.68. The normalized spacial score (nSPS) is 11.5. The third-order valence-corrected chi connectivity index (χ3v) is 4.75. The van der Waals surface area contributed by atoms with Crippen molar-refractivity contribution in [3.05, 3.63) is 57.1 Å². The topological polar surface area (TPSA) is 50.7 Å². The zero-order chi connectivity index (χ0) is 14.4. The molecule has 0 saturated carbocycles. The van der Waals surface area contributed by atoms with E-state index in [1.54, 1.807) is 22.2 Å². The summed E-state index contributed by atoms with van der Waals surface area (Å²) in [4.78, 5) is 18.2. The van der Waals surface area contributed by atoms with E-state index in [0.29, 0.717) is 5.39 Å². The van der Waals surface area contributed by atoms with Gasteiger partial charge in [-0.3, -0.25) is 14.9 Å². The van der Waals surface area contributed by atoms with Crippen molar-refractivity contribution < 1.29 is 0 Å². The van der Waals surface area contributed by atoms with E-state index >= 15 is 0 Å². The Morgan fingerprint density at radius 3 is 2.95 bits per heavy atom. The molecule has 1 N–H and O–H groups in total. The Morgan fingerprint density at radius 2 is 2.14 bits per heavy atom. The molecule has 0 atom stereocenters. The molecule has 0 radical (unpaired) electrons. The van der Waals surface area contributed by atoms with Crippen molar-refractivity contribution >= 4 is 33.1 Å². The van der Waals surface area contributed by atoms with Crippen LogP contribution in [0.2, 0.25) is 0 Å². The number of H-pyrrole nitrogens is 1. The van der Waals surface area contributed by atoms with Crippen LogP contribution in [0.15, 0.2) is 46.7 Å². The molecule has 0 amide bonds. The summed E-state index contributed by atoms with van der Waals surface area (Å²) >= 11 is 1.67. The molecular weight excluding hydrogens is 282 g/mol. The van der Waals surface area contributed by atoms with Crippen LogP contribution < -0.4 is 5.56 Å². The maximum atomic E-state index is 12.6. The molecule has 1 aromatic carbocycles. The van der Waals surface area contributed by atoms with Gasteiger partial charge in [-0.2, -0.15) is 0 Å². The van der Waals surface area contributed by atoms with Crippen molar-refractivity contribution in [1.29, 1.82) is 0 Å². The molecule has 0 aliphatic rings. The average molecular weight is 295 g/mol. The maximum Gasteiger partial charge on any atom is 0.280 e. The van der Waals surface area contributed by atoms with Crippen molar-refractivity contribution in [1.82, 2.24) is 14.8 Å². The molecule has 104 valence electrons. The second-order valence-corrected chi connectivity index (χ2v) is 5.94. The van der Waals surface area contributed by atoms with E-state index < -0.39 is 0 Å². The third kappa shape index (κ3) is 1.81. The van der Waals surface area contributed by atoms with Crippen molar-refractivity contribution in [2.24, 2.45) is 0 Å². The number of fused-ring (bicyclic) bond motifs is 3. The first-order valence-electron chi connectivity index (χ1n) is 6.84. The Hall–Kier alpha value is -2.40. The summed E-state index contributed by atoms with van der Waals surface area (Å²) < 4.78 is 1.61. The van der Waals surface area contributed by atoms with E-state index in [9.17, 15) is 4.79 Å². The molecule has 0 saturated heterocycles. The first-order chi connectivity index (χ1) is 10.3. The van der Waals surface area contributed by atoms with E-state index in [-0.39, 0.29) is 5.56 Å². The van der Waals surface area contributed by atoms with Gasteiger partial charge in [0.25, 0.3) is 5.56 Å². The molecular formula is C16H13N3OS. The number of benzene rings is 1. The van der Waals surface area contributed by atoms with Gasteiger partial charge in [-0.25, -0.2) is 4.68 Å². The van der Waals surface area contributed by atoms with Crippen molar-refractivity contribution in [2.45, 2.75) is 13.3 Å². The van der Waals surface area contributed by atoms with E-state index in [4.69, 9.17) is 0 Å². The quantitative estimate of drug-likeness (QED) is 0.615. The van der Waals surface area contributed by atoms with Crippen molar-refractivity contribution in [3.8, 4) is 5.69 Å². The number of nitrogens with one attached hydrogen (secondary N) is 1. The minimum atomic E-state index is -0.0521. The maximum absolute atomic E-state index is 12.6. The lowest BCUT2D eigenvalue weighted by atomic mass is 10.2. The number of nitrogens with zero attached hydrogens (tertiary/aromatic N) is 2. The first-order valence-corrected chi connectivity index (χ1v) is 7.72. The van der Waals surface area contributed by atoms with Crippen molar-refractivity contribution in [2.75, 3.05) is 0 Å². The summed E-state index contributed by atoms with van der Waals surface area (Å²) in [5, 5.41) is 6.83. The highest BCUT2D eigenvalue weighted by atomic mass is 32.1. The van der Waals surface area contributed by atoms with Crippen LogP contribution in [0.3, 0.4) is 0 Å². The number of thiophene rings is 1. The standard InChI is InChI=1S/C16H13N3OS/c1-2-11-7-10(9-21-11)19-16(20)13-8-17-14-6-4-3-5-12(14)15(13)18-19/h3-9,18H,2H2,1H3. The zero-order valence-corrected chi connectivity index (χ0v) is 12.3. The van der Waals surface area contributed by atoms with Crippen LogP contribution in [0.25, 0.3) is 27.5 Å². The lowest BCUT2D eigenvalue weighted by Gasteiger charge is -1.97. The van der Waals surface area contributed by atoms with E-state index in [1.807, 2.05) is 29.6 Å². The molecule has 0 aliphatic heterocycles. The molecule has 0 aliphatic carbocycles. The number of para-hydroxylation sites is 1. The van der Waals surface area contributed by atoms with Gasteiger partial charge in [0.1, 0.15) is 0 Å². The molecule has 0 spiro atoms. The van der Waals surface area contributed by atoms with E-state index in [0.717, 1.165) is 28.5 Å². The number of aromatic nitrogens is 3. The SMILES string of the molecule is CCc1cc(-n2[nH]c3c(cnc4ccccc43)c2=O)cs1. The van der Waals surface area contributed by atoms with Gasteiger partial charge in [0.2, 0.25) is 0 Å². The van der Waals surface area contributed by atoms with Crippen LogP contribution in [0.1, 0.15) is 11.8 Å². The van der Waals surface area contributed by atoms with Gasteiger partial charge in [-0.1, -0.05) is 25.1 Å².